The molecule has 1 aromatic rings. The molecule has 0 aromatic heterocycles. The van der Waals surface area contributed by atoms with E-state index >= 15 is 0 Å². The highest BCUT2D eigenvalue weighted by Crippen LogP contribution is 2.23. The number of halogens is 1. The molecule has 1 saturated heterocycles. The molecule has 6 nitrogen and oxygen atoms in total. The normalized spacial score (nSPS) is 18.5. The van der Waals surface area contributed by atoms with Crippen LogP contribution in [0.15, 0.2) is 24.8 Å². The average molecular weight is 449 g/mol. The zero-order valence-corrected chi connectivity index (χ0v) is 20.3. The highest BCUT2D eigenvalue weighted by atomic mass is 35.5. The molecule has 0 aliphatic carbocycles. The van der Waals surface area contributed by atoms with Crippen LogP contribution in [0.2, 0.25) is 5.02 Å². The lowest BCUT2D eigenvalue weighted by atomic mass is 10.0. The molecule has 3 N–H and O–H groups in total. The number of rotatable bonds is 11. The predicted octanol–water partition coefficient (Wildman–Crippen LogP) is 3.00. The summed E-state index contributed by atoms with van der Waals surface area (Å²) in [6.45, 7) is 17.8. The average Bonchev–Trinajstić information content (AvgIpc) is 3.15. The Morgan fingerprint density at radius 3 is 2.68 bits per heavy atom. The Kier molecular flexibility index (Phi) is 9.54. The summed E-state index contributed by atoms with van der Waals surface area (Å²) in [7, 11) is 2.14. The Hall–Kier alpha value is -1.89. The molecular formula is C24H39ClN5O+. The number of likely N-dealkylation sites (N-methyl/N-ethyl adjacent to an activating group) is 2. The second-order valence-corrected chi connectivity index (χ2v) is 9.09. The fraction of sp³-hybridized carbons (Fsp3) is 0.583. The number of nitrogens with one attached hydrogen (secondary N) is 1. The number of nitrogens with zero attached hydrogens (tertiary/aromatic N) is 3. The molecule has 172 valence electrons. The van der Waals surface area contributed by atoms with E-state index < -0.39 is 0 Å². The van der Waals surface area contributed by atoms with E-state index in [-0.39, 0.29) is 24.4 Å². The molecule has 3 unspecified atom stereocenters. The van der Waals surface area contributed by atoms with Gasteiger partial charge in [0, 0.05) is 35.8 Å². The second kappa shape index (κ2) is 11.7. The van der Waals surface area contributed by atoms with Crippen molar-refractivity contribution in [3.05, 3.63) is 40.9 Å². The van der Waals surface area contributed by atoms with Gasteiger partial charge in [-0.3, -0.25) is 15.0 Å². The van der Waals surface area contributed by atoms with Gasteiger partial charge in [-0.05, 0) is 50.6 Å². The number of amides is 1. The lowest BCUT2D eigenvalue weighted by molar-refractivity contribution is -0.593. The minimum atomic E-state index is -0.0870. The van der Waals surface area contributed by atoms with Gasteiger partial charge in [-0.1, -0.05) is 44.2 Å². The van der Waals surface area contributed by atoms with Crippen LogP contribution in [0.1, 0.15) is 44.7 Å². The summed E-state index contributed by atoms with van der Waals surface area (Å²) in [5.41, 5.74) is 7.78. The van der Waals surface area contributed by atoms with Crippen molar-refractivity contribution in [2.24, 2.45) is 11.7 Å². The second-order valence-electron chi connectivity index (χ2n) is 8.69. The maximum absolute atomic E-state index is 13.3. The zero-order chi connectivity index (χ0) is 23.1. The van der Waals surface area contributed by atoms with Gasteiger partial charge in [0.15, 0.2) is 6.67 Å². The molecule has 2 rings (SSSR count). The third-order valence-electron chi connectivity index (χ3n) is 6.25. The van der Waals surface area contributed by atoms with Gasteiger partial charge >= 0.3 is 0 Å². The van der Waals surface area contributed by atoms with Gasteiger partial charge in [0.2, 0.25) is 12.1 Å². The van der Waals surface area contributed by atoms with Crippen LogP contribution < -0.4 is 11.1 Å². The Morgan fingerprint density at radius 1 is 1.45 bits per heavy atom. The van der Waals surface area contributed by atoms with Crippen LogP contribution in [-0.4, -0.2) is 72.6 Å². The number of carbonyl (C=O) groups is 1. The first kappa shape index (κ1) is 25.4. The number of benzene rings is 1. The summed E-state index contributed by atoms with van der Waals surface area (Å²) in [4.78, 5) is 17.6. The van der Waals surface area contributed by atoms with Gasteiger partial charge in [0.05, 0.1) is 6.42 Å². The van der Waals surface area contributed by atoms with Crippen molar-refractivity contribution in [3.8, 4) is 0 Å². The van der Waals surface area contributed by atoms with E-state index in [9.17, 15) is 4.79 Å². The molecule has 1 aliphatic heterocycles. The molecule has 1 aromatic carbocycles. The van der Waals surface area contributed by atoms with Crippen molar-refractivity contribution in [2.75, 3.05) is 33.4 Å². The lowest BCUT2D eigenvalue weighted by Gasteiger charge is -2.32. The van der Waals surface area contributed by atoms with Gasteiger partial charge in [-0.2, -0.15) is 0 Å². The number of carbonyl (C=O) groups excluding carboxylic acids is 1. The molecule has 3 atom stereocenters. The Balaban J connectivity index is 2.12. The third kappa shape index (κ3) is 6.79. The van der Waals surface area contributed by atoms with Gasteiger partial charge in [0.25, 0.3) is 0 Å². The molecule has 1 aliphatic rings. The summed E-state index contributed by atoms with van der Waals surface area (Å²) in [5, 5.41) is 4.14. The van der Waals surface area contributed by atoms with E-state index in [4.69, 9.17) is 17.3 Å². The van der Waals surface area contributed by atoms with Crippen LogP contribution in [0.3, 0.4) is 0 Å². The maximum Gasteiger partial charge on any atom is 0.233 e. The minimum absolute atomic E-state index is 0.0447. The molecule has 1 heterocycles. The Morgan fingerprint density at radius 2 is 2.16 bits per heavy atom. The van der Waals surface area contributed by atoms with Crippen molar-refractivity contribution < 1.29 is 9.37 Å². The fourth-order valence-electron chi connectivity index (χ4n) is 4.18. The van der Waals surface area contributed by atoms with Crippen LogP contribution in [0, 0.1) is 5.92 Å². The largest absolute Gasteiger partial charge is 0.399 e. The first-order valence-electron chi connectivity index (χ1n) is 11.2. The number of hydrogen-bond donors (Lipinski definition) is 2. The van der Waals surface area contributed by atoms with E-state index in [0.29, 0.717) is 30.0 Å². The van der Waals surface area contributed by atoms with Crippen LogP contribution in [0.25, 0.3) is 5.70 Å². The molecule has 0 spiro atoms. The quantitative estimate of drug-likeness (QED) is 0.310. The highest BCUT2D eigenvalue weighted by molar-refractivity contribution is 6.31. The van der Waals surface area contributed by atoms with Gasteiger partial charge in [0.1, 0.15) is 6.72 Å². The standard InChI is InChI=1S/C24H39ClN5O/c1-7-17(3)24(29(6)16-27-21-11-12-28(5)15-21)30(8-2)23(31)14-20-10-9-19(18(4)26)13-22(20)25/h9-10,13,17,21,24,27H,4,6-8,11-12,14-16,26H2,1-3,5H3/q+1. The summed E-state index contributed by atoms with van der Waals surface area (Å²) in [6, 6.07) is 5.95. The van der Waals surface area contributed by atoms with E-state index in [2.05, 4.69) is 44.4 Å². The van der Waals surface area contributed by atoms with Crippen molar-refractivity contribution in [1.29, 1.82) is 0 Å². The Labute approximate surface area is 192 Å². The summed E-state index contributed by atoms with van der Waals surface area (Å²) >= 11 is 6.43. The van der Waals surface area contributed by atoms with Crippen LogP contribution >= 0.6 is 11.6 Å². The molecule has 31 heavy (non-hydrogen) atoms. The summed E-state index contributed by atoms with van der Waals surface area (Å²) < 4.78 is 2.02. The van der Waals surface area contributed by atoms with E-state index in [1.807, 2.05) is 28.5 Å². The summed E-state index contributed by atoms with van der Waals surface area (Å²) in [6.07, 6.45) is 2.25. The maximum atomic E-state index is 13.3. The fourth-order valence-corrected chi connectivity index (χ4v) is 4.43. The minimum Gasteiger partial charge on any atom is -0.399 e. The first-order valence-corrected chi connectivity index (χ1v) is 11.6. The van der Waals surface area contributed by atoms with Gasteiger partial charge in [-0.15, -0.1) is 0 Å². The topological polar surface area (TPSA) is 64.6 Å². The molecule has 0 saturated carbocycles. The van der Waals surface area contributed by atoms with E-state index in [1.54, 1.807) is 6.07 Å². The predicted molar refractivity (Wildman–Crippen MR) is 130 cm³/mol. The van der Waals surface area contributed by atoms with Gasteiger partial charge in [-0.25, -0.2) is 4.58 Å². The highest BCUT2D eigenvalue weighted by Gasteiger charge is 2.35. The van der Waals surface area contributed by atoms with E-state index in [1.165, 1.54) is 0 Å². The SMILES string of the molecule is C=C(N)c1ccc(CC(=O)N(CC)C(C(C)CC)[N+](=C)CNC2CCN(C)C2)c(Cl)c1. The first-order chi connectivity index (χ1) is 14.7. The smallest absolute Gasteiger partial charge is 0.233 e. The third-order valence-corrected chi connectivity index (χ3v) is 6.60. The number of hydrogen-bond acceptors (Lipinski definition) is 4. The van der Waals surface area contributed by atoms with Crippen molar-refractivity contribution in [2.45, 2.75) is 52.2 Å². The molecule has 1 fully saturated rings. The van der Waals surface area contributed by atoms with Crippen LogP contribution in [0.4, 0.5) is 0 Å². The summed E-state index contributed by atoms with van der Waals surface area (Å²) in [5.74, 6) is 0.330. The number of likely N-dealkylation sites (tertiary alicyclic amines) is 1. The lowest BCUT2D eigenvalue weighted by Crippen LogP contribution is -2.53. The van der Waals surface area contributed by atoms with Crippen molar-refractivity contribution in [1.82, 2.24) is 15.1 Å². The van der Waals surface area contributed by atoms with Crippen molar-refractivity contribution in [3.63, 3.8) is 0 Å². The van der Waals surface area contributed by atoms with Crippen LogP contribution in [0.5, 0.6) is 0 Å². The zero-order valence-electron chi connectivity index (χ0n) is 19.5. The van der Waals surface area contributed by atoms with Crippen LogP contribution in [-0.2, 0) is 11.2 Å². The molecular weight excluding hydrogens is 410 g/mol. The molecule has 0 bridgehead atoms. The number of nitrogens with two attached hydrogens (primary N) is 1. The Bertz CT molecular complexity index is 796. The molecule has 0 radical (unpaired) electrons. The monoisotopic (exact) mass is 448 g/mol. The van der Waals surface area contributed by atoms with Crippen molar-refractivity contribution >= 4 is 29.9 Å². The van der Waals surface area contributed by atoms with Gasteiger partial charge < -0.3 is 10.6 Å². The van der Waals surface area contributed by atoms with E-state index in [0.717, 1.165) is 37.1 Å². The molecule has 1 amide bonds. The molecule has 7 heteroatoms.